The summed E-state index contributed by atoms with van der Waals surface area (Å²) in [7, 11) is 3.51. The van der Waals surface area contributed by atoms with Gasteiger partial charge in [-0.3, -0.25) is 9.48 Å². The smallest absolute Gasteiger partial charge is 0.319 e. The fourth-order valence-electron chi connectivity index (χ4n) is 2.41. The molecule has 0 bridgehead atoms. The molecule has 0 saturated carbocycles. The molecule has 7 nitrogen and oxygen atoms in total. The van der Waals surface area contributed by atoms with E-state index < -0.39 is 0 Å². The molecule has 0 aliphatic carbocycles. The van der Waals surface area contributed by atoms with Gasteiger partial charge in [0, 0.05) is 20.6 Å². The minimum Gasteiger partial charge on any atom is -0.350 e. The lowest BCUT2D eigenvalue weighted by Gasteiger charge is -2.29. The van der Waals surface area contributed by atoms with Crippen LogP contribution in [0.25, 0.3) is 0 Å². The molecule has 1 aliphatic heterocycles. The molecule has 0 fully saturated rings. The van der Waals surface area contributed by atoms with Gasteiger partial charge in [0.25, 0.3) is 0 Å². The third kappa shape index (κ3) is 4.89. The van der Waals surface area contributed by atoms with E-state index in [0.717, 1.165) is 23.6 Å². The molecule has 23 heavy (non-hydrogen) atoms. The lowest BCUT2D eigenvalue weighted by molar-refractivity contribution is -0.118. The second-order valence-corrected chi connectivity index (χ2v) is 6.88. The summed E-state index contributed by atoms with van der Waals surface area (Å²) in [6.45, 7) is 4.45. The van der Waals surface area contributed by atoms with E-state index >= 15 is 0 Å². The summed E-state index contributed by atoms with van der Waals surface area (Å²) < 4.78 is 1.92. The van der Waals surface area contributed by atoms with E-state index in [9.17, 15) is 9.59 Å². The third-order valence-electron chi connectivity index (χ3n) is 3.55. The van der Waals surface area contributed by atoms with Crippen LogP contribution in [-0.4, -0.2) is 63.7 Å². The molecule has 0 spiro atoms. The first-order valence-corrected chi connectivity index (χ1v) is 9.03. The van der Waals surface area contributed by atoms with E-state index in [1.54, 1.807) is 35.7 Å². The Morgan fingerprint density at radius 2 is 2.17 bits per heavy atom. The fraction of sp³-hybridized carbons (Fsp3) is 0.667. The minimum atomic E-state index is 0.0141. The van der Waals surface area contributed by atoms with Gasteiger partial charge >= 0.3 is 6.03 Å². The molecule has 3 amide bonds. The van der Waals surface area contributed by atoms with Gasteiger partial charge in [0.1, 0.15) is 0 Å². The zero-order chi connectivity index (χ0) is 16.8. The molecule has 1 aromatic rings. The Hall–Kier alpha value is -1.70. The van der Waals surface area contributed by atoms with Crippen molar-refractivity contribution in [1.82, 2.24) is 24.9 Å². The number of thioether (sulfide) groups is 1. The Bertz CT molecular complexity index is 558. The van der Waals surface area contributed by atoms with Crippen molar-refractivity contribution in [2.45, 2.75) is 33.0 Å². The van der Waals surface area contributed by atoms with Gasteiger partial charge in [0.15, 0.2) is 0 Å². The number of aromatic nitrogens is 2. The van der Waals surface area contributed by atoms with Crippen molar-refractivity contribution in [2.24, 2.45) is 0 Å². The number of hydrogen-bond donors (Lipinski definition) is 1. The van der Waals surface area contributed by atoms with Gasteiger partial charge in [-0.2, -0.15) is 16.9 Å². The van der Waals surface area contributed by atoms with E-state index in [0.29, 0.717) is 31.9 Å². The van der Waals surface area contributed by atoms with E-state index in [1.807, 2.05) is 10.7 Å². The van der Waals surface area contributed by atoms with Crippen LogP contribution in [0.4, 0.5) is 4.79 Å². The van der Waals surface area contributed by atoms with E-state index in [2.05, 4.69) is 17.3 Å². The highest BCUT2D eigenvalue weighted by atomic mass is 32.2. The van der Waals surface area contributed by atoms with Crippen LogP contribution in [0.2, 0.25) is 0 Å². The van der Waals surface area contributed by atoms with Gasteiger partial charge in [0.2, 0.25) is 5.91 Å². The van der Waals surface area contributed by atoms with Gasteiger partial charge in [-0.1, -0.05) is 6.92 Å². The van der Waals surface area contributed by atoms with E-state index in [-0.39, 0.29) is 11.9 Å². The van der Waals surface area contributed by atoms with Gasteiger partial charge in [-0.25, -0.2) is 4.79 Å². The minimum absolute atomic E-state index is 0.0141. The Kier molecular flexibility index (Phi) is 6.32. The van der Waals surface area contributed by atoms with Crippen molar-refractivity contribution >= 4 is 23.7 Å². The number of nitrogens with zero attached hydrogens (tertiary/aromatic N) is 4. The number of amides is 3. The quantitative estimate of drug-likeness (QED) is 0.789. The number of urea groups is 1. The van der Waals surface area contributed by atoms with Crippen LogP contribution in [0.15, 0.2) is 6.07 Å². The van der Waals surface area contributed by atoms with Crippen molar-refractivity contribution in [1.29, 1.82) is 0 Å². The molecule has 128 valence electrons. The average Bonchev–Trinajstić information content (AvgIpc) is 2.94. The summed E-state index contributed by atoms with van der Waals surface area (Å²) in [6.07, 6.45) is 1.08. The summed E-state index contributed by atoms with van der Waals surface area (Å²) >= 11 is 1.64. The summed E-state index contributed by atoms with van der Waals surface area (Å²) in [5, 5.41) is 7.40. The molecule has 0 aromatic carbocycles. The highest BCUT2D eigenvalue weighted by Crippen LogP contribution is 2.14. The first-order chi connectivity index (χ1) is 11.0. The predicted molar refractivity (Wildman–Crippen MR) is 91.2 cm³/mol. The monoisotopic (exact) mass is 339 g/mol. The molecule has 1 aliphatic rings. The number of carbonyl (C=O) groups excluding carboxylic acids is 2. The summed E-state index contributed by atoms with van der Waals surface area (Å²) in [6, 6.07) is 1.98. The largest absolute Gasteiger partial charge is 0.350 e. The molecule has 1 N–H and O–H groups in total. The first-order valence-electron chi connectivity index (χ1n) is 7.87. The molecule has 2 rings (SSSR count). The van der Waals surface area contributed by atoms with Crippen molar-refractivity contribution in [2.75, 3.05) is 32.1 Å². The molecule has 8 heteroatoms. The molecule has 0 atom stereocenters. The topological polar surface area (TPSA) is 70.5 Å². The fourth-order valence-corrected chi connectivity index (χ4v) is 3.13. The predicted octanol–water partition coefficient (Wildman–Crippen LogP) is 1.14. The number of rotatable bonds is 6. The summed E-state index contributed by atoms with van der Waals surface area (Å²) in [5.74, 6) is 1.54. The van der Waals surface area contributed by atoms with Crippen molar-refractivity contribution < 1.29 is 9.59 Å². The van der Waals surface area contributed by atoms with Gasteiger partial charge < -0.3 is 15.1 Å². The number of carbonyl (C=O) groups is 2. The molecule has 2 heterocycles. The van der Waals surface area contributed by atoms with E-state index in [1.165, 1.54) is 0 Å². The van der Waals surface area contributed by atoms with Gasteiger partial charge in [0.05, 0.1) is 36.8 Å². The summed E-state index contributed by atoms with van der Waals surface area (Å²) in [5.41, 5.74) is 1.85. The number of nitrogens with one attached hydrogen (secondary N) is 1. The maximum Gasteiger partial charge on any atom is 0.319 e. The molecular weight excluding hydrogens is 314 g/mol. The number of fused-ring (bicyclic) bond motifs is 1. The van der Waals surface area contributed by atoms with Gasteiger partial charge in [-0.15, -0.1) is 0 Å². The van der Waals surface area contributed by atoms with Gasteiger partial charge in [-0.05, 0) is 18.2 Å². The van der Waals surface area contributed by atoms with Crippen LogP contribution in [0.5, 0.6) is 0 Å². The van der Waals surface area contributed by atoms with Crippen molar-refractivity contribution in [3.8, 4) is 0 Å². The maximum atomic E-state index is 12.0. The highest BCUT2D eigenvalue weighted by Gasteiger charge is 2.23. The molecule has 0 radical (unpaired) electrons. The highest BCUT2D eigenvalue weighted by molar-refractivity contribution is 7.99. The van der Waals surface area contributed by atoms with Crippen LogP contribution in [0.3, 0.4) is 0 Å². The Balaban J connectivity index is 1.86. The lowest BCUT2D eigenvalue weighted by atomic mass is 10.3. The number of hydrogen-bond acceptors (Lipinski definition) is 4. The Labute approximate surface area is 141 Å². The second kappa shape index (κ2) is 8.24. The Morgan fingerprint density at radius 1 is 1.39 bits per heavy atom. The Morgan fingerprint density at radius 3 is 2.87 bits per heavy atom. The average molecular weight is 339 g/mol. The zero-order valence-corrected chi connectivity index (χ0v) is 14.9. The molecule has 1 aromatic heterocycles. The van der Waals surface area contributed by atoms with Crippen molar-refractivity contribution in [3.05, 3.63) is 17.5 Å². The van der Waals surface area contributed by atoms with E-state index in [4.69, 9.17) is 0 Å². The lowest BCUT2D eigenvalue weighted by Crippen LogP contribution is -2.43. The first kappa shape index (κ1) is 17.7. The van der Waals surface area contributed by atoms with Crippen molar-refractivity contribution in [3.63, 3.8) is 0 Å². The standard InChI is InChI=1S/C15H25N5O2S/c1-4-7-23-11-14(21)16-9-12-8-13-10-19(15(22)18(2)3)5-6-20(13)17-12/h8H,4-7,9-11H2,1-3H3,(H,16,21). The second-order valence-electron chi connectivity index (χ2n) is 5.78. The van der Waals surface area contributed by atoms with Crippen LogP contribution < -0.4 is 5.32 Å². The SMILES string of the molecule is CCCSCC(=O)NCc1cc2n(n1)CCN(C(=O)N(C)C)C2. The molecular formula is C15H25N5O2S. The summed E-state index contributed by atoms with van der Waals surface area (Å²) in [4.78, 5) is 27.1. The maximum absolute atomic E-state index is 12.0. The van der Waals surface area contributed by atoms with Crippen LogP contribution >= 0.6 is 11.8 Å². The van der Waals surface area contributed by atoms with Crippen LogP contribution in [0, 0.1) is 0 Å². The molecule has 0 unspecified atom stereocenters. The van der Waals surface area contributed by atoms with Crippen LogP contribution in [0.1, 0.15) is 24.7 Å². The molecule has 0 saturated heterocycles. The normalized spacial score (nSPS) is 13.6. The van der Waals surface area contributed by atoms with Crippen LogP contribution in [-0.2, 0) is 24.4 Å². The third-order valence-corrected chi connectivity index (χ3v) is 4.71. The zero-order valence-electron chi connectivity index (χ0n) is 14.0.